The molecule has 60 valence electrons. The van der Waals surface area contributed by atoms with Crippen molar-refractivity contribution in [1.82, 2.24) is 0 Å². The minimum Gasteiger partial charge on any atom is -0.409 e. The van der Waals surface area contributed by atoms with Gasteiger partial charge in [-0.25, -0.2) is 0 Å². The van der Waals surface area contributed by atoms with E-state index in [4.69, 9.17) is 5.11 Å². The largest absolute Gasteiger partial charge is 0.409 e. The number of aliphatic hydroxyl groups excluding tert-OH is 1. The van der Waals surface area contributed by atoms with E-state index in [9.17, 15) is 0 Å². The molecule has 0 amide bonds. The summed E-state index contributed by atoms with van der Waals surface area (Å²) in [6.07, 6.45) is 4.84. The van der Waals surface area contributed by atoms with Gasteiger partial charge in [0.1, 0.15) is 0 Å². The van der Waals surface area contributed by atoms with Crippen molar-refractivity contribution in [3.8, 4) is 0 Å². The van der Waals surface area contributed by atoms with E-state index in [2.05, 4.69) is 13.8 Å². The molecule has 1 unspecified atom stereocenters. The van der Waals surface area contributed by atoms with Gasteiger partial charge in [0.2, 0.25) is 0 Å². The predicted molar refractivity (Wildman–Crippen MR) is 47.9 cm³/mol. The predicted octanol–water partition coefficient (Wildman–Crippen LogP) is 1.15. The molecule has 1 atom stereocenters. The Kier molecular flexibility index (Phi) is 6.52. The first-order valence-electron chi connectivity index (χ1n) is 4.31. The fraction of sp³-hybridized carbons (Fsp3) is 1.00. The van der Waals surface area contributed by atoms with Gasteiger partial charge in [0.15, 0.2) is 0 Å². The molecule has 0 saturated heterocycles. The van der Waals surface area contributed by atoms with Crippen LogP contribution in [0.1, 0.15) is 39.5 Å². The summed E-state index contributed by atoms with van der Waals surface area (Å²) in [6, 6.07) is 0. The maximum atomic E-state index is 8.98. The molecule has 0 saturated carbocycles. The fourth-order valence-electron chi connectivity index (χ4n) is 0.992. The van der Waals surface area contributed by atoms with E-state index in [1.165, 1.54) is 19.3 Å². The van der Waals surface area contributed by atoms with Crippen LogP contribution in [-0.2, 0) is 0 Å². The molecule has 1 N–H and O–H groups in total. The average Bonchev–Trinajstić information content (AvgIpc) is 1.79. The smallest absolute Gasteiger partial charge is 0.258 e. The van der Waals surface area contributed by atoms with Crippen molar-refractivity contribution in [2.24, 2.45) is 5.92 Å². The van der Waals surface area contributed by atoms with Crippen molar-refractivity contribution in [3.05, 3.63) is 0 Å². The summed E-state index contributed by atoms with van der Waals surface area (Å²) < 4.78 is 0. The van der Waals surface area contributed by atoms with E-state index in [1.54, 1.807) is 0 Å². The van der Waals surface area contributed by atoms with Crippen molar-refractivity contribution < 1.29 is 5.11 Å². The molecule has 1 nitrogen and oxygen atoms in total. The molecule has 0 fully saturated rings. The first kappa shape index (κ1) is 10.5. The lowest BCUT2D eigenvalue weighted by molar-refractivity contribution is 0.239. The minimum atomic E-state index is 0.0344. The van der Waals surface area contributed by atoms with Gasteiger partial charge in [-0.15, -0.1) is 0 Å². The summed E-state index contributed by atoms with van der Waals surface area (Å²) in [5, 5.41) is 8.98. The molecule has 0 rings (SSSR count). The quantitative estimate of drug-likeness (QED) is 0.470. The van der Waals surface area contributed by atoms with E-state index in [0.717, 1.165) is 28.6 Å². The van der Waals surface area contributed by atoms with Gasteiger partial charge in [0.05, 0.1) is 0 Å². The van der Waals surface area contributed by atoms with Crippen LogP contribution in [0.15, 0.2) is 0 Å². The molecule has 0 aliphatic heterocycles. The second-order valence-electron chi connectivity index (χ2n) is 3.53. The van der Waals surface area contributed by atoms with Crippen molar-refractivity contribution in [3.63, 3.8) is 0 Å². The first-order chi connectivity index (χ1) is 4.63. The Morgan fingerprint density at radius 2 is 1.70 bits per heavy atom. The minimum absolute atomic E-state index is 0.0344. The van der Waals surface area contributed by atoms with E-state index in [0.29, 0.717) is 0 Å². The standard InChI is InChI=1S/C8H17O.Al.2H/c1-8(2)6-4-3-5-7-9;;;/h7-9H,3-6H2,1-2H3;;;. The molecule has 0 heterocycles. The third kappa shape index (κ3) is 8.49. The van der Waals surface area contributed by atoms with Crippen LogP contribution in [0.5, 0.6) is 0 Å². The third-order valence-corrected chi connectivity index (χ3v) is 2.23. The van der Waals surface area contributed by atoms with E-state index < -0.39 is 0 Å². The Morgan fingerprint density at radius 3 is 2.10 bits per heavy atom. The lowest BCUT2D eigenvalue weighted by Crippen LogP contribution is -2.04. The van der Waals surface area contributed by atoms with E-state index in [1.807, 2.05) is 0 Å². The van der Waals surface area contributed by atoms with Crippen LogP contribution >= 0.6 is 0 Å². The monoisotopic (exact) mass is 158 g/mol. The van der Waals surface area contributed by atoms with Crippen LogP contribution in [0.25, 0.3) is 0 Å². The maximum absolute atomic E-state index is 8.98. The van der Waals surface area contributed by atoms with E-state index in [-0.39, 0.29) is 4.97 Å². The van der Waals surface area contributed by atoms with Crippen molar-refractivity contribution in [1.29, 1.82) is 0 Å². The van der Waals surface area contributed by atoms with Crippen molar-refractivity contribution in [2.75, 3.05) is 0 Å². The number of rotatable bonds is 5. The molecule has 0 aliphatic carbocycles. The number of hydrogen-bond donors (Lipinski definition) is 1. The van der Waals surface area contributed by atoms with Crippen LogP contribution < -0.4 is 0 Å². The number of unbranched alkanes of at least 4 members (excludes halogenated alkanes) is 1. The molecule has 0 aromatic carbocycles. The Bertz CT molecular complexity index is 61.7. The highest BCUT2D eigenvalue weighted by molar-refractivity contribution is 6.10. The highest BCUT2D eigenvalue weighted by Crippen LogP contribution is 2.08. The molecule has 2 heteroatoms. The molecule has 0 aliphatic rings. The zero-order chi connectivity index (χ0) is 7.98. The third-order valence-electron chi connectivity index (χ3n) is 1.65. The summed E-state index contributed by atoms with van der Waals surface area (Å²) >= 11 is 0.938. The van der Waals surface area contributed by atoms with Crippen molar-refractivity contribution in [2.45, 2.75) is 44.5 Å². The van der Waals surface area contributed by atoms with Gasteiger partial charge in [-0.3, -0.25) is 0 Å². The van der Waals surface area contributed by atoms with Gasteiger partial charge < -0.3 is 5.11 Å². The van der Waals surface area contributed by atoms with Crippen LogP contribution in [-0.4, -0.2) is 26.4 Å². The van der Waals surface area contributed by atoms with Gasteiger partial charge in [-0.1, -0.05) is 33.1 Å². The second-order valence-corrected chi connectivity index (χ2v) is 4.86. The van der Waals surface area contributed by atoms with E-state index >= 15 is 0 Å². The molecular formula is C8H19AlO. The molecule has 10 heavy (non-hydrogen) atoms. The summed E-state index contributed by atoms with van der Waals surface area (Å²) in [7, 11) is 0. The second kappa shape index (κ2) is 6.22. The lowest BCUT2D eigenvalue weighted by Gasteiger charge is -2.05. The van der Waals surface area contributed by atoms with Gasteiger partial charge in [0.25, 0.3) is 16.3 Å². The molecule has 0 aromatic heterocycles. The normalized spacial score (nSPS) is 14.0. The summed E-state index contributed by atoms with van der Waals surface area (Å²) in [4.78, 5) is 0.0344. The van der Waals surface area contributed by atoms with Crippen LogP contribution in [0, 0.1) is 5.92 Å². The molecule has 0 aromatic rings. The first-order valence-corrected chi connectivity index (χ1v) is 5.46. The lowest BCUT2D eigenvalue weighted by atomic mass is 10.1. The summed E-state index contributed by atoms with van der Waals surface area (Å²) in [5.41, 5.74) is 0. The number of hydrogen-bond acceptors (Lipinski definition) is 1. The summed E-state index contributed by atoms with van der Waals surface area (Å²) in [6.45, 7) is 4.49. The van der Waals surface area contributed by atoms with Gasteiger partial charge in [0, 0.05) is 0 Å². The molecule has 0 bridgehead atoms. The average molecular weight is 158 g/mol. The molecular weight excluding hydrogens is 139 g/mol. The highest BCUT2D eigenvalue weighted by atomic mass is 27.0. The Hall–Kier alpha value is 0.492. The highest BCUT2D eigenvalue weighted by Gasteiger charge is 1.97. The van der Waals surface area contributed by atoms with Crippen LogP contribution in [0.3, 0.4) is 0 Å². The van der Waals surface area contributed by atoms with Gasteiger partial charge in [-0.05, 0) is 17.3 Å². The maximum Gasteiger partial charge on any atom is 0.258 e. The summed E-state index contributed by atoms with van der Waals surface area (Å²) in [5.74, 6) is 0.825. The Labute approximate surface area is 72.2 Å². The van der Waals surface area contributed by atoms with Crippen molar-refractivity contribution >= 4 is 16.3 Å². The molecule has 0 spiro atoms. The fourth-order valence-corrected chi connectivity index (χ4v) is 1.40. The zero-order valence-electron chi connectivity index (χ0n) is 7.43. The topological polar surface area (TPSA) is 20.2 Å². The number of aliphatic hydroxyl groups is 1. The Morgan fingerprint density at radius 1 is 1.20 bits per heavy atom. The van der Waals surface area contributed by atoms with Gasteiger partial charge in [-0.2, -0.15) is 0 Å². The van der Waals surface area contributed by atoms with Crippen LogP contribution in [0.4, 0.5) is 0 Å². The van der Waals surface area contributed by atoms with Gasteiger partial charge >= 0.3 is 0 Å². The zero-order valence-corrected chi connectivity index (χ0v) is 9.43. The van der Waals surface area contributed by atoms with Crippen LogP contribution in [0.2, 0.25) is 0 Å². The Balaban J connectivity index is 2.91. The SMILES string of the molecule is CC(C)CCCC[CH](O)[AlH2]. The molecule has 0 radical (unpaired) electrons.